The van der Waals surface area contributed by atoms with Crippen LogP contribution < -0.4 is 4.90 Å². The van der Waals surface area contributed by atoms with E-state index >= 15 is 0 Å². The normalized spacial score (nSPS) is 25.1. The van der Waals surface area contributed by atoms with E-state index in [2.05, 4.69) is 10.00 Å². The highest BCUT2D eigenvalue weighted by molar-refractivity contribution is 5.97. The van der Waals surface area contributed by atoms with Crippen molar-refractivity contribution in [2.75, 3.05) is 63.9 Å². The predicted octanol–water partition coefficient (Wildman–Crippen LogP) is -0.0147. The van der Waals surface area contributed by atoms with Crippen LogP contribution in [0.2, 0.25) is 0 Å². The highest BCUT2D eigenvalue weighted by Gasteiger charge is 2.36. The van der Waals surface area contributed by atoms with E-state index in [9.17, 15) is 9.59 Å². The topological polar surface area (TPSA) is 74.2 Å². The van der Waals surface area contributed by atoms with Crippen LogP contribution in [-0.4, -0.2) is 101 Å². The Morgan fingerprint density at radius 2 is 1.78 bits per heavy atom. The first kappa shape index (κ1) is 18.2. The summed E-state index contributed by atoms with van der Waals surface area (Å²) in [5.74, 6) is 0.155. The van der Waals surface area contributed by atoms with Gasteiger partial charge in [0.1, 0.15) is 0 Å². The van der Waals surface area contributed by atoms with Crippen molar-refractivity contribution in [3.8, 4) is 0 Å². The van der Waals surface area contributed by atoms with Crippen LogP contribution in [0.15, 0.2) is 12.4 Å². The molecule has 0 aliphatic carbocycles. The number of aryl methyl sites for hydroxylation is 1. The van der Waals surface area contributed by atoms with E-state index in [4.69, 9.17) is 4.74 Å². The average molecular weight is 376 g/mol. The molecule has 0 saturated carbocycles. The molecule has 0 radical (unpaired) electrons. The van der Waals surface area contributed by atoms with Gasteiger partial charge in [-0.25, -0.2) is 4.79 Å². The molecule has 0 aromatic carbocycles. The van der Waals surface area contributed by atoms with Gasteiger partial charge in [-0.1, -0.05) is 0 Å². The third-order valence-electron chi connectivity index (χ3n) is 5.72. The molecule has 3 aliphatic heterocycles. The monoisotopic (exact) mass is 376 g/mol. The lowest BCUT2D eigenvalue weighted by Gasteiger charge is -2.43. The zero-order valence-electron chi connectivity index (χ0n) is 15.9. The van der Waals surface area contributed by atoms with Gasteiger partial charge in [-0.05, 0) is 12.8 Å². The number of aromatic nitrogens is 2. The van der Waals surface area contributed by atoms with Gasteiger partial charge in [-0.2, -0.15) is 5.10 Å². The van der Waals surface area contributed by atoms with Gasteiger partial charge in [-0.15, -0.1) is 0 Å². The molecule has 1 aromatic rings. The number of carbonyl (C=O) groups excluding carboxylic acids is 2. The number of hydrogen-bond acceptors (Lipinski definition) is 5. The van der Waals surface area contributed by atoms with E-state index in [0.717, 1.165) is 38.2 Å². The molecule has 0 N–H and O–H groups in total. The first-order chi connectivity index (χ1) is 13.1. The minimum atomic E-state index is -0.0976. The van der Waals surface area contributed by atoms with Gasteiger partial charge >= 0.3 is 6.03 Å². The number of urea groups is 1. The Kier molecular flexibility index (Phi) is 5.31. The fraction of sp³-hybridized carbons (Fsp3) is 0.722. The van der Waals surface area contributed by atoms with Gasteiger partial charge < -0.3 is 19.4 Å². The van der Waals surface area contributed by atoms with Crippen molar-refractivity contribution in [3.63, 3.8) is 0 Å². The molecule has 9 heteroatoms. The fourth-order valence-corrected chi connectivity index (χ4v) is 4.18. The number of carbonyl (C=O) groups is 2. The van der Waals surface area contributed by atoms with Crippen molar-refractivity contribution in [2.45, 2.75) is 18.9 Å². The molecule has 0 spiro atoms. The van der Waals surface area contributed by atoms with Crippen molar-refractivity contribution in [3.05, 3.63) is 12.4 Å². The Labute approximate surface area is 159 Å². The minimum absolute atomic E-state index is 0.0976. The maximum absolute atomic E-state index is 13.0. The molecule has 9 nitrogen and oxygen atoms in total. The van der Waals surface area contributed by atoms with Gasteiger partial charge in [0.15, 0.2) is 0 Å². The third kappa shape index (κ3) is 3.79. The molecule has 3 fully saturated rings. The van der Waals surface area contributed by atoms with Gasteiger partial charge in [0.25, 0.3) is 0 Å². The lowest BCUT2D eigenvalue weighted by atomic mass is 10.0. The first-order valence-electron chi connectivity index (χ1n) is 9.79. The zero-order chi connectivity index (χ0) is 18.8. The van der Waals surface area contributed by atoms with Crippen LogP contribution in [0.3, 0.4) is 0 Å². The highest BCUT2D eigenvalue weighted by atomic mass is 16.5. The Morgan fingerprint density at radius 3 is 2.44 bits per heavy atom. The van der Waals surface area contributed by atoms with E-state index < -0.39 is 0 Å². The van der Waals surface area contributed by atoms with Crippen LogP contribution in [0, 0.1) is 0 Å². The maximum atomic E-state index is 13.0. The summed E-state index contributed by atoms with van der Waals surface area (Å²) in [5, 5.41) is 4.19. The van der Waals surface area contributed by atoms with E-state index in [1.165, 1.54) is 0 Å². The average Bonchev–Trinajstić information content (AvgIpc) is 3.14. The molecule has 148 valence electrons. The quantitative estimate of drug-likeness (QED) is 0.726. The van der Waals surface area contributed by atoms with Gasteiger partial charge in [0.05, 0.1) is 31.1 Å². The molecule has 0 bridgehead atoms. The van der Waals surface area contributed by atoms with Crippen molar-refractivity contribution in [1.29, 1.82) is 0 Å². The van der Waals surface area contributed by atoms with Crippen molar-refractivity contribution in [2.24, 2.45) is 7.05 Å². The van der Waals surface area contributed by atoms with E-state index in [1.807, 2.05) is 27.9 Å². The molecule has 4 heterocycles. The van der Waals surface area contributed by atoms with Crippen LogP contribution in [0.5, 0.6) is 0 Å². The number of amides is 3. The molecule has 27 heavy (non-hydrogen) atoms. The second-order valence-electron chi connectivity index (χ2n) is 7.43. The summed E-state index contributed by atoms with van der Waals surface area (Å²) in [6.45, 7) is 6.15. The summed E-state index contributed by atoms with van der Waals surface area (Å²) in [6.07, 6.45) is 5.50. The Morgan fingerprint density at radius 1 is 1.07 bits per heavy atom. The zero-order valence-corrected chi connectivity index (χ0v) is 15.9. The smallest absolute Gasteiger partial charge is 0.320 e. The van der Waals surface area contributed by atoms with Crippen LogP contribution in [-0.2, 0) is 16.6 Å². The molecular formula is C18H28N6O3. The Balaban J connectivity index is 1.34. The molecule has 3 saturated heterocycles. The summed E-state index contributed by atoms with van der Waals surface area (Å²) in [6, 6.07) is 0.00417. The number of morpholine rings is 1. The van der Waals surface area contributed by atoms with Crippen molar-refractivity contribution >= 4 is 17.6 Å². The van der Waals surface area contributed by atoms with Crippen molar-refractivity contribution in [1.82, 2.24) is 24.5 Å². The van der Waals surface area contributed by atoms with E-state index in [0.29, 0.717) is 39.4 Å². The summed E-state index contributed by atoms with van der Waals surface area (Å²) in [7, 11) is 1.86. The standard InChI is InChI=1S/C18H28N6O3/c1-20-14-15(13-19-20)24-4-2-3-16(17(24)25)21-5-7-22(8-6-21)18(26)23-9-11-27-12-10-23/h13-14,16H,2-12H2,1H3/t16-/m0/s1. The molecular weight excluding hydrogens is 348 g/mol. The fourth-order valence-electron chi connectivity index (χ4n) is 4.18. The lowest BCUT2D eigenvalue weighted by molar-refractivity contribution is -0.126. The first-order valence-corrected chi connectivity index (χ1v) is 9.79. The Bertz CT molecular complexity index is 678. The third-order valence-corrected chi connectivity index (χ3v) is 5.72. The van der Waals surface area contributed by atoms with Crippen LogP contribution in [0.25, 0.3) is 0 Å². The van der Waals surface area contributed by atoms with Crippen LogP contribution in [0.4, 0.5) is 10.5 Å². The number of rotatable bonds is 2. The number of anilines is 1. The highest BCUT2D eigenvalue weighted by Crippen LogP contribution is 2.24. The maximum Gasteiger partial charge on any atom is 0.320 e. The summed E-state index contributed by atoms with van der Waals surface area (Å²) in [5.41, 5.74) is 0.869. The van der Waals surface area contributed by atoms with Crippen LogP contribution >= 0.6 is 0 Å². The molecule has 4 rings (SSSR count). The summed E-state index contributed by atoms with van der Waals surface area (Å²) < 4.78 is 7.05. The molecule has 1 aromatic heterocycles. The molecule has 3 amide bonds. The largest absolute Gasteiger partial charge is 0.378 e. The van der Waals surface area contributed by atoms with E-state index in [-0.39, 0.29) is 18.0 Å². The number of piperazine rings is 1. The van der Waals surface area contributed by atoms with Crippen LogP contribution in [0.1, 0.15) is 12.8 Å². The minimum Gasteiger partial charge on any atom is -0.378 e. The van der Waals surface area contributed by atoms with E-state index in [1.54, 1.807) is 10.9 Å². The Hall–Kier alpha value is -2.13. The number of ether oxygens (including phenoxy) is 1. The second kappa shape index (κ2) is 7.85. The SMILES string of the molecule is Cn1cc(N2CCC[C@H](N3CCN(C(=O)N4CCOCC4)CC3)C2=O)cn1. The van der Waals surface area contributed by atoms with Gasteiger partial charge in [0, 0.05) is 59.1 Å². The molecule has 1 atom stereocenters. The number of piperidine rings is 1. The molecule has 3 aliphatic rings. The number of hydrogen-bond donors (Lipinski definition) is 0. The van der Waals surface area contributed by atoms with Gasteiger partial charge in [0.2, 0.25) is 5.91 Å². The summed E-state index contributed by atoms with van der Waals surface area (Å²) in [4.78, 5) is 33.6. The van der Waals surface area contributed by atoms with Gasteiger partial charge in [-0.3, -0.25) is 14.4 Å². The lowest BCUT2D eigenvalue weighted by Crippen LogP contribution is -2.60. The van der Waals surface area contributed by atoms with Crippen molar-refractivity contribution < 1.29 is 14.3 Å². The second-order valence-corrected chi connectivity index (χ2v) is 7.43. The molecule has 0 unspecified atom stereocenters. The summed E-state index contributed by atoms with van der Waals surface area (Å²) >= 11 is 0. The predicted molar refractivity (Wildman–Crippen MR) is 99.5 cm³/mol. The number of nitrogens with zero attached hydrogens (tertiary/aromatic N) is 6.